The van der Waals surface area contributed by atoms with E-state index in [4.69, 9.17) is 10.5 Å². The van der Waals surface area contributed by atoms with Gasteiger partial charge in [0.05, 0.1) is 5.69 Å². The summed E-state index contributed by atoms with van der Waals surface area (Å²) in [7, 11) is 0. The lowest BCUT2D eigenvalue weighted by Crippen LogP contribution is -2.24. The molecule has 19 heavy (non-hydrogen) atoms. The summed E-state index contributed by atoms with van der Waals surface area (Å²) in [4.78, 5) is 13.0. The van der Waals surface area contributed by atoms with Crippen molar-refractivity contribution in [3.8, 4) is 5.69 Å². The molecule has 0 amide bonds. The zero-order valence-corrected chi connectivity index (χ0v) is 11.0. The number of benzene rings is 1. The number of carbonyl (C=O) groups excluding carboxylic acids is 1. The first kappa shape index (κ1) is 13.0. The van der Waals surface area contributed by atoms with Crippen LogP contribution in [0.2, 0.25) is 0 Å². The molecule has 0 aliphatic carbocycles. The van der Waals surface area contributed by atoms with Crippen molar-refractivity contribution >= 4 is 11.7 Å². The smallest absolute Gasteiger partial charge is 0.380 e. The molecule has 0 saturated heterocycles. The van der Waals surface area contributed by atoms with Crippen molar-refractivity contribution in [2.75, 3.05) is 5.73 Å². The number of esters is 1. The summed E-state index contributed by atoms with van der Waals surface area (Å²) in [6, 6.07) is 6.89. The molecule has 0 radical (unpaired) electrons. The number of nitrogens with two attached hydrogens (primary N) is 1. The molecule has 0 bridgehead atoms. The van der Waals surface area contributed by atoms with Crippen LogP contribution in [0.15, 0.2) is 24.3 Å². The lowest BCUT2D eigenvalue weighted by Gasteiger charge is -2.17. The maximum Gasteiger partial charge on any atom is 0.380 e. The van der Waals surface area contributed by atoms with Crippen LogP contribution in [0.3, 0.4) is 0 Å². The summed E-state index contributed by atoms with van der Waals surface area (Å²) in [6.07, 6.45) is 0. The Morgan fingerprint density at radius 2 is 1.89 bits per heavy atom. The van der Waals surface area contributed by atoms with E-state index in [9.17, 15) is 4.79 Å². The van der Waals surface area contributed by atoms with Crippen molar-refractivity contribution < 1.29 is 9.53 Å². The van der Waals surface area contributed by atoms with Crippen molar-refractivity contribution in [3.05, 3.63) is 30.1 Å². The number of aromatic nitrogens is 4. The fourth-order valence-corrected chi connectivity index (χ4v) is 1.34. The lowest BCUT2D eigenvalue weighted by molar-refractivity contribution is 0.00554. The standard InChI is InChI=1S/C12H15N5O2/c1-12(2,3)19-11(18)10-14-16-17(15-10)9-6-4-8(13)5-7-9/h4-7H,13H2,1-3H3. The predicted molar refractivity (Wildman–Crippen MR) is 68.7 cm³/mol. The molecular formula is C12H15N5O2. The van der Waals surface area contributed by atoms with Gasteiger partial charge >= 0.3 is 5.97 Å². The molecule has 1 aromatic carbocycles. The van der Waals surface area contributed by atoms with E-state index < -0.39 is 11.6 Å². The minimum absolute atomic E-state index is 0.0771. The second-order valence-electron chi connectivity index (χ2n) is 5.00. The number of carbonyl (C=O) groups is 1. The fourth-order valence-electron chi connectivity index (χ4n) is 1.34. The number of nitrogen functional groups attached to an aromatic ring is 1. The minimum Gasteiger partial charge on any atom is -0.454 e. The van der Waals surface area contributed by atoms with Gasteiger partial charge in [-0.3, -0.25) is 0 Å². The average molecular weight is 261 g/mol. The van der Waals surface area contributed by atoms with E-state index in [-0.39, 0.29) is 5.82 Å². The van der Waals surface area contributed by atoms with Gasteiger partial charge in [-0.2, -0.15) is 0 Å². The largest absolute Gasteiger partial charge is 0.454 e. The zero-order valence-electron chi connectivity index (χ0n) is 11.0. The number of anilines is 1. The zero-order chi connectivity index (χ0) is 14.0. The number of rotatable bonds is 2. The Morgan fingerprint density at radius 3 is 2.47 bits per heavy atom. The minimum atomic E-state index is -0.603. The molecule has 0 aliphatic rings. The fraction of sp³-hybridized carbons (Fsp3) is 0.333. The molecule has 0 saturated carbocycles. The molecule has 0 spiro atoms. The van der Waals surface area contributed by atoms with Crippen LogP contribution < -0.4 is 5.73 Å². The number of nitrogens with zero attached hydrogens (tertiary/aromatic N) is 4. The van der Waals surface area contributed by atoms with Gasteiger partial charge in [0.25, 0.3) is 5.82 Å². The van der Waals surface area contributed by atoms with Crippen LogP contribution in [0, 0.1) is 0 Å². The SMILES string of the molecule is CC(C)(C)OC(=O)c1nnn(-c2ccc(N)cc2)n1. The first-order chi connectivity index (χ1) is 8.85. The van der Waals surface area contributed by atoms with Crippen LogP contribution in [0.1, 0.15) is 31.4 Å². The summed E-state index contributed by atoms with van der Waals surface area (Å²) >= 11 is 0. The summed E-state index contributed by atoms with van der Waals surface area (Å²) in [5.74, 6) is -0.680. The van der Waals surface area contributed by atoms with Crippen molar-refractivity contribution in [3.63, 3.8) is 0 Å². The Bertz CT molecular complexity index is 583. The molecule has 0 atom stereocenters. The molecule has 2 aromatic rings. The monoisotopic (exact) mass is 261 g/mol. The molecule has 2 N–H and O–H groups in total. The van der Waals surface area contributed by atoms with Crippen molar-refractivity contribution in [2.24, 2.45) is 0 Å². The van der Waals surface area contributed by atoms with Crippen LogP contribution in [0.25, 0.3) is 5.69 Å². The number of hydrogen-bond acceptors (Lipinski definition) is 6. The van der Waals surface area contributed by atoms with Crippen LogP contribution in [-0.4, -0.2) is 31.8 Å². The van der Waals surface area contributed by atoms with Gasteiger partial charge in [-0.05, 0) is 50.3 Å². The van der Waals surface area contributed by atoms with Gasteiger partial charge < -0.3 is 10.5 Å². The van der Waals surface area contributed by atoms with Gasteiger partial charge in [-0.1, -0.05) is 0 Å². The first-order valence-corrected chi connectivity index (χ1v) is 5.74. The van der Waals surface area contributed by atoms with Gasteiger partial charge in [0, 0.05) is 5.69 Å². The van der Waals surface area contributed by atoms with E-state index in [1.807, 2.05) is 0 Å². The van der Waals surface area contributed by atoms with Gasteiger partial charge in [-0.25, -0.2) is 4.79 Å². The number of ether oxygens (including phenoxy) is 1. The van der Waals surface area contributed by atoms with Crippen LogP contribution in [-0.2, 0) is 4.74 Å². The summed E-state index contributed by atoms with van der Waals surface area (Å²) in [6.45, 7) is 5.32. The first-order valence-electron chi connectivity index (χ1n) is 5.74. The van der Waals surface area contributed by atoms with E-state index in [0.29, 0.717) is 11.4 Å². The molecule has 0 fully saturated rings. The Hall–Kier alpha value is -2.44. The molecule has 2 rings (SSSR count). The summed E-state index contributed by atoms with van der Waals surface area (Å²) in [5.41, 5.74) is 6.29. The van der Waals surface area contributed by atoms with E-state index in [2.05, 4.69) is 15.4 Å². The maximum absolute atomic E-state index is 11.7. The van der Waals surface area contributed by atoms with Crippen molar-refractivity contribution in [2.45, 2.75) is 26.4 Å². The Morgan fingerprint density at radius 1 is 1.26 bits per heavy atom. The predicted octanol–water partition coefficient (Wildman–Crippen LogP) is 1.20. The molecule has 1 aromatic heterocycles. The van der Waals surface area contributed by atoms with E-state index >= 15 is 0 Å². The molecule has 100 valence electrons. The van der Waals surface area contributed by atoms with Crippen LogP contribution >= 0.6 is 0 Å². The van der Waals surface area contributed by atoms with E-state index in [1.54, 1.807) is 45.0 Å². The Balaban J connectivity index is 2.19. The third-order valence-electron chi connectivity index (χ3n) is 2.12. The average Bonchev–Trinajstić information content (AvgIpc) is 2.77. The van der Waals surface area contributed by atoms with Gasteiger partial charge in [0.1, 0.15) is 5.60 Å². The van der Waals surface area contributed by atoms with Crippen LogP contribution in [0.4, 0.5) is 5.69 Å². The highest BCUT2D eigenvalue weighted by Gasteiger charge is 2.22. The Labute approximate surface area is 110 Å². The number of hydrogen-bond donors (Lipinski definition) is 1. The van der Waals surface area contributed by atoms with Gasteiger partial charge in [-0.15, -0.1) is 15.0 Å². The van der Waals surface area contributed by atoms with Crippen molar-refractivity contribution in [1.29, 1.82) is 0 Å². The topological polar surface area (TPSA) is 95.9 Å². The van der Waals surface area contributed by atoms with Crippen LogP contribution in [0.5, 0.6) is 0 Å². The van der Waals surface area contributed by atoms with E-state index in [0.717, 1.165) is 0 Å². The highest BCUT2D eigenvalue weighted by Crippen LogP contribution is 2.11. The summed E-state index contributed by atoms with van der Waals surface area (Å²) < 4.78 is 5.15. The second-order valence-corrected chi connectivity index (χ2v) is 5.00. The van der Waals surface area contributed by atoms with Gasteiger partial charge in [0.15, 0.2) is 0 Å². The Kier molecular flexibility index (Phi) is 3.20. The summed E-state index contributed by atoms with van der Waals surface area (Å²) in [5, 5.41) is 11.4. The molecule has 0 aliphatic heterocycles. The molecule has 1 heterocycles. The molecule has 7 nitrogen and oxygen atoms in total. The van der Waals surface area contributed by atoms with Crippen molar-refractivity contribution in [1.82, 2.24) is 20.2 Å². The van der Waals surface area contributed by atoms with E-state index in [1.165, 1.54) is 4.80 Å². The lowest BCUT2D eigenvalue weighted by atomic mass is 10.2. The second kappa shape index (κ2) is 4.68. The molecular weight excluding hydrogens is 246 g/mol. The van der Waals surface area contributed by atoms with Gasteiger partial charge in [0.2, 0.25) is 0 Å². The highest BCUT2D eigenvalue weighted by molar-refractivity contribution is 5.85. The third kappa shape index (κ3) is 3.27. The maximum atomic E-state index is 11.7. The molecule has 7 heteroatoms. The number of tetrazole rings is 1. The quantitative estimate of drug-likeness (QED) is 0.644. The molecule has 0 unspecified atom stereocenters. The third-order valence-corrected chi connectivity index (χ3v) is 2.12. The normalized spacial score (nSPS) is 11.3. The highest BCUT2D eigenvalue weighted by atomic mass is 16.6.